The van der Waals surface area contributed by atoms with E-state index in [2.05, 4.69) is 10.3 Å². The van der Waals surface area contributed by atoms with E-state index in [-0.39, 0.29) is 18.1 Å². The molecule has 1 unspecified atom stereocenters. The molecule has 0 bridgehead atoms. The number of hydrogen-bond donors (Lipinski definition) is 1. The fourth-order valence-corrected chi connectivity index (χ4v) is 3.86. The topological polar surface area (TPSA) is 77.5 Å². The summed E-state index contributed by atoms with van der Waals surface area (Å²) in [6.45, 7) is 1.74. The Labute approximate surface area is 177 Å². The van der Waals surface area contributed by atoms with Crippen LogP contribution < -0.4 is 10.1 Å². The van der Waals surface area contributed by atoms with E-state index in [1.807, 2.05) is 0 Å². The number of carbonyl (C=O) groups excluding carboxylic acids is 2. The number of amides is 1. The molecular weight excluding hydrogens is 407 g/mol. The number of ether oxygens (including phenoxy) is 2. The molecule has 6 nitrogen and oxygen atoms in total. The van der Waals surface area contributed by atoms with E-state index in [4.69, 9.17) is 9.47 Å². The molecule has 1 N–H and O–H groups in total. The van der Waals surface area contributed by atoms with Gasteiger partial charge < -0.3 is 14.8 Å². The van der Waals surface area contributed by atoms with Crippen LogP contribution in [0.15, 0.2) is 48.5 Å². The molecule has 1 atom stereocenters. The second-order valence-electron chi connectivity index (χ2n) is 6.52. The zero-order valence-corrected chi connectivity index (χ0v) is 17.6. The number of hydrogen-bond acceptors (Lipinski definition) is 6. The predicted molar refractivity (Wildman–Crippen MR) is 112 cm³/mol. The largest absolute Gasteiger partial charge is 0.497 e. The van der Waals surface area contributed by atoms with Gasteiger partial charge in [0.15, 0.2) is 0 Å². The number of halogens is 1. The highest BCUT2D eigenvalue weighted by Crippen LogP contribution is 2.29. The van der Waals surface area contributed by atoms with E-state index in [9.17, 15) is 14.0 Å². The van der Waals surface area contributed by atoms with Gasteiger partial charge in [-0.05, 0) is 48.9 Å². The van der Waals surface area contributed by atoms with Crippen molar-refractivity contribution in [2.24, 2.45) is 0 Å². The van der Waals surface area contributed by atoms with Gasteiger partial charge in [0.05, 0.1) is 32.4 Å². The molecule has 0 saturated carbocycles. The Morgan fingerprint density at radius 1 is 1.10 bits per heavy atom. The van der Waals surface area contributed by atoms with Gasteiger partial charge in [0.1, 0.15) is 21.5 Å². The highest BCUT2D eigenvalue weighted by Gasteiger charge is 2.23. The minimum atomic E-state index is -0.577. The van der Waals surface area contributed by atoms with Crippen molar-refractivity contribution in [1.82, 2.24) is 10.3 Å². The number of nitrogens with zero attached hydrogens (tertiary/aromatic N) is 1. The number of carbonyl (C=O) groups is 2. The van der Waals surface area contributed by atoms with Crippen molar-refractivity contribution >= 4 is 23.2 Å². The molecule has 8 heteroatoms. The van der Waals surface area contributed by atoms with E-state index in [1.54, 1.807) is 50.4 Å². The van der Waals surface area contributed by atoms with Gasteiger partial charge in [0.2, 0.25) is 0 Å². The molecule has 0 aliphatic rings. The number of rotatable bonds is 7. The standard InChI is InChI=1S/C22H21FN2O4S/c1-13-20(30-22(24-13)15-4-8-16(23)9-5-15)21(27)25-18(12-19(26)29-3)14-6-10-17(28-2)11-7-14/h4-11,18H,12H2,1-3H3,(H,25,27). The van der Waals surface area contributed by atoms with Gasteiger partial charge in [-0.3, -0.25) is 9.59 Å². The summed E-state index contributed by atoms with van der Waals surface area (Å²) in [6.07, 6.45) is -0.0166. The SMILES string of the molecule is COC(=O)CC(NC(=O)c1sc(-c2ccc(F)cc2)nc1C)c1ccc(OC)cc1. The Bertz CT molecular complexity index is 1030. The lowest BCUT2D eigenvalue weighted by molar-refractivity contribution is -0.141. The third kappa shape index (κ3) is 5.01. The molecule has 1 heterocycles. The third-order valence-corrected chi connectivity index (χ3v) is 5.72. The molecule has 156 valence electrons. The normalized spacial score (nSPS) is 11.6. The first-order valence-corrected chi connectivity index (χ1v) is 9.98. The molecule has 0 fully saturated rings. The Morgan fingerprint density at radius 2 is 1.77 bits per heavy atom. The lowest BCUT2D eigenvalue weighted by Gasteiger charge is -2.18. The average molecular weight is 428 g/mol. The Balaban J connectivity index is 1.84. The first-order chi connectivity index (χ1) is 14.4. The number of methoxy groups -OCH3 is 2. The van der Waals surface area contributed by atoms with E-state index >= 15 is 0 Å². The van der Waals surface area contributed by atoms with Gasteiger partial charge in [0, 0.05) is 5.56 Å². The third-order valence-electron chi connectivity index (χ3n) is 4.52. The van der Waals surface area contributed by atoms with Crippen LogP contribution in [0.25, 0.3) is 10.6 Å². The maximum atomic E-state index is 13.2. The first kappa shape index (κ1) is 21.4. The molecule has 3 aromatic rings. The molecule has 0 spiro atoms. The maximum absolute atomic E-state index is 13.2. The fourth-order valence-electron chi connectivity index (χ4n) is 2.89. The van der Waals surface area contributed by atoms with Crippen LogP contribution in [-0.4, -0.2) is 31.1 Å². The first-order valence-electron chi connectivity index (χ1n) is 9.16. The molecule has 3 rings (SSSR count). The number of esters is 1. The van der Waals surface area contributed by atoms with Gasteiger partial charge in [-0.2, -0.15) is 0 Å². The highest BCUT2D eigenvalue weighted by atomic mass is 32.1. The van der Waals surface area contributed by atoms with E-state index in [0.717, 1.165) is 11.1 Å². The highest BCUT2D eigenvalue weighted by molar-refractivity contribution is 7.17. The van der Waals surface area contributed by atoms with E-state index in [0.29, 0.717) is 21.3 Å². The molecule has 1 amide bonds. The second-order valence-corrected chi connectivity index (χ2v) is 7.52. The van der Waals surface area contributed by atoms with Crippen molar-refractivity contribution in [2.45, 2.75) is 19.4 Å². The number of aryl methyl sites for hydroxylation is 1. The summed E-state index contributed by atoms with van der Waals surface area (Å²) in [4.78, 5) is 29.7. The monoisotopic (exact) mass is 428 g/mol. The minimum Gasteiger partial charge on any atom is -0.497 e. The van der Waals surface area contributed by atoms with Crippen LogP contribution in [0.3, 0.4) is 0 Å². The summed E-state index contributed by atoms with van der Waals surface area (Å²) >= 11 is 1.21. The lowest BCUT2D eigenvalue weighted by atomic mass is 10.0. The Morgan fingerprint density at radius 3 is 2.37 bits per heavy atom. The van der Waals surface area contributed by atoms with Crippen molar-refractivity contribution in [1.29, 1.82) is 0 Å². The van der Waals surface area contributed by atoms with E-state index in [1.165, 1.54) is 30.6 Å². The lowest BCUT2D eigenvalue weighted by Crippen LogP contribution is -2.30. The fraction of sp³-hybridized carbons (Fsp3) is 0.227. The Hall–Kier alpha value is -3.26. The van der Waals surface area contributed by atoms with Crippen molar-refractivity contribution in [3.63, 3.8) is 0 Å². The van der Waals surface area contributed by atoms with E-state index < -0.39 is 12.0 Å². The van der Waals surface area contributed by atoms with Crippen LogP contribution >= 0.6 is 11.3 Å². The van der Waals surface area contributed by atoms with Crippen molar-refractivity contribution in [3.8, 4) is 16.3 Å². The molecule has 1 aromatic heterocycles. The predicted octanol–water partition coefficient (Wildman–Crippen LogP) is 4.30. The smallest absolute Gasteiger partial charge is 0.307 e. The second kappa shape index (κ2) is 9.49. The van der Waals surface area contributed by atoms with Gasteiger partial charge in [0.25, 0.3) is 5.91 Å². The number of nitrogens with one attached hydrogen (secondary N) is 1. The Kier molecular flexibility index (Phi) is 6.79. The molecule has 0 aliphatic heterocycles. The van der Waals surface area contributed by atoms with Gasteiger partial charge in [-0.15, -0.1) is 11.3 Å². The maximum Gasteiger partial charge on any atom is 0.307 e. The number of benzene rings is 2. The molecule has 2 aromatic carbocycles. The van der Waals surface area contributed by atoms with Crippen molar-refractivity contribution < 1.29 is 23.5 Å². The summed E-state index contributed by atoms with van der Waals surface area (Å²) < 4.78 is 23.1. The molecular formula is C22H21FN2O4S. The van der Waals surface area contributed by atoms with Gasteiger partial charge in [-0.1, -0.05) is 12.1 Å². The minimum absolute atomic E-state index is 0.0166. The quantitative estimate of drug-likeness (QED) is 0.568. The number of aromatic nitrogens is 1. The zero-order chi connectivity index (χ0) is 21.7. The van der Waals surface area contributed by atoms with Gasteiger partial charge in [-0.25, -0.2) is 9.37 Å². The van der Waals surface area contributed by atoms with Crippen LogP contribution in [0.2, 0.25) is 0 Å². The van der Waals surface area contributed by atoms with Crippen LogP contribution in [-0.2, 0) is 9.53 Å². The average Bonchev–Trinajstić information content (AvgIpc) is 3.15. The summed E-state index contributed by atoms with van der Waals surface area (Å²) in [5.41, 5.74) is 2.03. The molecule has 0 radical (unpaired) electrons. The zero-order valence-electron chi connectivity index (χ0n) is 16.8. The summed E-state index contributed by atoms with van der Waals surface area (Å²) in [5, 5.41) is 3.51. The summed E-state index contributed by atoms with van der Waals surface area (Å²) in [5.74, 6) is -0.452. The van der Waals surface area contributed by atoms with Gasteiger partial charge >= 0.3 is 5.97 Å². The summed E-state index contributed by atoms with van der Waals surface area (Å²) in [6, 6.07) is 12.5. The molecule has 30 heavy (non-hydrogen) atoms. The van der Waals surface area contributed by atoms with Crippen LogP contribution in [0.5, 0.6) is 5.75 Å². The van der Waals surface area contributed by atoms with Crippen molar-refractivity contribution in [2.75, 3.05) is 14.2 Å². The molecule has 0 saturated heterocycles. The van der Waals surface area contributed by atoms with Crippen molar-refractivity contribution in [3.05, 3.63) is 70.5 Å². The van der Waals surface area contributed by atoms with Crippen LogP contribution in [0, 0.1) is 12.7 Å². The number of thiazole rings is 1. The molecule has 0 aliphatic carbocycles. The van der Waals surface area contributed by atoms with Crippen LogP contribution in [0.1, 0.15) is 33.4 Å². The summed E-state index contributed by atoms with van der Waals surface area (Å²) in [7, 11) is 2.87. The van der Waals surface area contributed by atoms with Crippen LogP contribution in [0.4, 0.5) is 4.39 Å².